The summed E-state index contributed by atoms with van der Waals surface area (Å²) in [7, 11) is 4.05. The summed E-state index contributed by atoms with van der Waals surface area (Å²) >= 11 is 0. The number of hydrogen-bond donors (Lipinski definition) is 1. The van der Waals surface area contributed by atoms with Crippen molar-refractivity contribution in [2.24, 2.45) is 0 Å². The van der Waals surface area contributed by atoms with E-state index >= 15 is 0 Å². The number of rotatable bonds is 6. The van der Waals surface area contributed by atoms with Gasteiger partial charge in [-0.1, -0.05) is 30.3 Å². The molecule has 3 aromatic rings. The molecule has 1 aliphatic rings. The second-order valence-electron chi connectivity index (χ2n) is 7.65. The van der Waals surface area contributed by atoms with Crippen LogP contribution in [0.2, 0.25) is 0 Å². The molecule has 0 radical (unpaired) electrons. The van der Waals surface area contributed by atoms with Crippen LogP contribution in [0.15, 0.2) is 54.6 Å². The summed E-state index contributed by atoms with van der Waals surface area (Å²) in [5, 5.41) is 1.05. The van der Waals surface area contributed by atoms with E-state index in [-0.39, 0.29) is 12.0 Å². The number of ether oxygens (including phenoxy) is 1. The van der Waals surface area contributed by atoms with Crippen LogP contribution in [0.25, 0.3) is 10.9 Å². The number of carbonyl (C=O) groups excluding carboxylic acids is 1. The average molecular weight is 377 g/mol. The first-order valence-corrected chi connectivity index (χ1v) is 9.85. The second-order valence-corrected chi connectivity index (χ2v) is 7.65. The molecule has 0 saturated carbocycles. The van der Waals surface area contributed by atoms with Gasteiger partial charge in [0.2, 0.25) is 0 Å². The molecule has 0 aliphatic carbocycles. The van der Waals surface area contributed by atoms with Crippen molar-refractivity contribution in [2.45, 2.75) is 25.5 Å². The molecule has 1 fully saturated rings. The highest BCUT2D eigenvalue weighted by Gasteiger charge is 2.24. The lowest BCUT2D eigenvalue weighted by Crippen LogP contribution is -2.37. The fourth-order valence-corrected chi connectivity index (χ4v) is 3.73. The third-order valence-corrected chi connectivity index (χ3v) is 5.32. The van der Waals surface area contributed by atoms with E-state index in [1.54, 1.807) is 0 Å². The van der Waals surface area contributed by atoms with Crippen LogP contribution in [-0.4, -0.2) is 49.1 Å². The maximum atomic E-state index is 13.3. The molecule has 146 valence electrons. The van der Waals surface area contributed by atoms with E-state index in [9.17, 15) is 4.79 Å². The van der Waals surface area contributed by atoms with Gasteiger partial charge >= 0.3 is 0 Å². The molecule has 1 unspecified atom stereocenters. The predicted octanol–water partition coefficient (Wildman–Crippen LogP) is 4.06. The van der Waals surface area contributed by atoms with Gasteiger partial charge in [0.05, 0.1) is 6.10 Å². The molecule has 1 amide bonds. The van der Waals surface area contributed by atoms with E-state index < -0.39 is 0 Å². The summed E-state index contributed by atoms with van der Waals surface area (Å²) in [5.74, 6) is 0.0170. The zero-order valence-electron chi connectivity index (χ0n) is 16.5. The molecular weight excluding hydrogens is 350 g/mol. The molecule has 2 heterocycles. The van der Waals surface area contributed by atoms with Crippen LogP contribution in [0.5, 0.6) is 0 Å². The topological polar surface area (TPSA) is 48.6 Å². The molecule has 1 aromatic heterocycles. The lowest BCUT2D eigenvalue weighted by molar-refractivity contribution is 0.0503. The number of aromatic amines is 1. The first-order chi connectivity index (χ1) is 13.6. The van der Waals surface area contributed by atoms with Gasteiger partial charge in [0.1, 0.15) is 5.69 Å². The molecule has 28 heavy (non-hydrogen) atoms. The molecule has 1 saturated heterocycles. The zero-order chi connectivity index (χ0) is 19.5. The van der Waals surface area contributed by atoms with E-state index in [0.29, 0.717) is 18.8 Å². The molecule has 5 heteroatoms. The lowest BCUT2D eigenvalue weighted by Gasteiger charge is -2.25. The lowest BCUT2D eigenvalue weighted by atomic mass is 10.1. The third kappa shape index (κ3) is 4.04. The molecule has 0 spiro atoms. The fraction of sp³-hybridized carbons (Fsp3) is 0.348. The van der Waals surface area contributed by atoms with Crippen molar-refractivity contribution in [3.8, 4) is 0 Å². The second kappa shape index (κ2) is 8.07. The Morgan fingerprint density at radius 1 is 1.14 bits per heavy atom. The highest BCUT2D eigenvalue weighted by Crippen LogP contribution is 2.21. The van der Waals surface area contributed by atoms with E-state index in [2.05, 4.69) is 34.1 Å². The number of H-pyrrole nitrogens is 1. The minimum Gasteiger partial charge on any atom is -0.378 e. The summed E-state index contributed by atoms with van der Waals surface area (Å²) in [6, 6.07) is 18.3. The van der Waals surface area contributed by atoms with Gasteiger partial charge < -0.3 is 19.5 Å². The van der Waals surface area contributed by atoms with Crippen molar-refractivity contribution in [1.29, 1.82) is 0 Å². The Bertz CT molecular complexity index is 907. The van der Waals surface area contributed by atoms with E-state index in [0.717, 1.165) is 41.6 Å². The average Bonchev–Trinajstić information content (AvgIpc) is 3.36. The van der Waals surface area contributed by atoms with Crippen molar-refractivity contribution in [3.63, 3.8) is 0 Å². The fourth-order valence-electron chi connectivity index (χ4n) is 3.73. The van der Waals surface area contributed by atoms with Crippen molar-refractivity contribution < 1.29 is 9.53 Å². The Kier molecular flexibility index (Phi) is 5.35. The quantitative estimate of drug-likeness (QED) is 0.705. The van der Waals surface area contributed by atoms with Gasteiger partial charge in [-0.05, 0) is 42.7 Å². The van der Waals surface area contributed by atoms with Crippen LogP contribution < -0.4 is 4.90 Å². The number of nitrogens with zero attached hydrogens (tertiary/aromatic N) is 2. The number of para-hydroxylation sites is 1. The molecule has 1 aliphatic heterocycles. The normalized spacial score (nSPS) is 16.4. The van der Waals surface area contributed by atoms with Gasteiger partial charge in [0, 0.05) is 50.4 Å². The number of nitrogens with one attached hydrogen (secondary N) is 1. The summed E-state index contributed by atoms with van der Waals surface area (Å²) in [4.78, 5) is 20.6. The van der Waals surface area contributed by atoms with Gasteiger partial charge in [-0.25, -0.2) is 0 Å². The molecule has 1 atom stereocenters. The highest BCUT2D eigenvalue weighted by molar-refractivity contribution is 5.98. The van der Waals surface area contributed by atoms with Crippen molar-refractivity contribution in [1.82, 2.24) is 9.88 Å². The number of amides is 1. The number of anilines is 1. The number of carbonyl (C=O) groups is 1. The maximum absolute atomic E-state index is 13.3. The smallest absolute Gasteiger partial charge is 0.270 e. The van der Waals surface area contributed by atoms with Crippen LogP contribution in [0.4, 0.5) is 5.69 Å². The number of fused-ring (bicyclic) bond motifs is 1. The molecule has 2 aromatic carbocycles. The number of aromatic nitrogens is 1. The van der Waals surface area contributed by atoms with Gasteiger partial charge in [0.15, 0.2) is 0 Å². The van der Waals surface area contributed by atoms with Crippen molar-refractivity contribution >= 4 is 22.5 Å². The SMILES string of the molecule is CN(C)c1ccc(CN(CC2CCCO2)C(=O)c2cc3ccccc3[nH]2)cc1. The maximum Gasteiger partial charge on any atom is 0.270 e. The molecule has 1 N–H and O–H groups in total. The first kappa shape index (κ1) is 18.6. The summed E-state index contributed by atoms with van der Waals surface area (Å²) < 4.78 is 5.81. The monoisotopic (exact) mass is 377 g/mol. The Morgan fingerprint density at radius 2 is 1.93 bits per heavy atom. The molecular formula is C23H27N3O2. The number of hydrogen-bond acceptors (Lipinski definition) is 3. The van der Waals surface area contributed by atoms with Crippen LogP contribution in [0.1, 0.15) is 28.9 Å². The van der Waals surface area contributed by atoms with E-state index in [4.69, 9.17) is 4.74 Å². The predicted molar refractivity (Wildman–Crippen MR) is 113 cm³/mol. The first-order valence-electron chi connectivity index (χ1n) is 9.85. The minimum absolute atomic E-state index is 0.0170. The Balaban J connectivity index is 1.57. The van der Waals surface area contributed by atoms with Gasteiger partial charge in [-0.15, -0.1) is 0 Å². The summed E-state index contributed by atoms with van der Waals surface area (Å²) in [6.45, 7) is 1.97. The molecule has 4 rings (SSSR count). The van der Waals surface area contributed by atoms with Gasteiger partial charge in [-0.2, -0.15) is 0 Å². The largest absolute Gasteiger partial charge is 0.378 e. The third-order valence-electron chi connectivity index (χ3n) is 5.32. The van der Waals surface area contributed by atoms with Crippen LogP contribution in [0, 0.1) is 0 Å². The zero-order valence-corrected chi connectivity index (χ0v) is 16.5. The number of benzene rings is 2. The molecule has 5 nitrogen and oxygen atoms in total. The standard InChI is InChI=1S/C23H27N3O2/c1-25(2)19-11-9-17(10-12-19)15-26(16-20-7-5-13-28-20)23(27)22-14-18-6-3-4-8-21(18)24-22/h3-4,6,8-12,14,20,24H,5,7,13,15-16H2,1-2H3. The Labute approximate surface area is 165 Å². The van der Waals surface area contributed by atoms with Crippen LogP contribution in [-0.2, 0) is 11.3 Å². The summed E-state index contributed by atoms with van der Waals surface area (Å²) in [5.41, 5.74) is 3.88. The van der Waals surface area contributed by atoms with Crippen molar-refractivity contribution in [2.75, 3.05) is 32.1 Å². The Hall–Kier alpha value is -2.79. The van der Waals surface area contributed by atoms with E-state index in [1.807, 2.05) is 49.3 Å². The highest BCUT2D eigenvalue weighted by atomic mass is 16.5. The van der Waals surface area contributed by atoms with Crippen LogP contribution in [0.3, 0.4) is 0 Å². The minimum atomic E-state index is 0.0170. The summed E-state index contributed by atoms with van der Waals surface area (Å²) in [6.07, 6.45) is 2.20. The molecule has 0 bridgehead atoms. The van der Waals surface area contributed by atoms with Crippen molar-refractivity contribution in [3.05, 3.63) is 65.9 Å². The van der Waals surface area contributed by atoms with Crippen LogP contribution >= 0.6 is 0 Å². The van der Waals surface area contributed by atoms with Gasteiger partial charge in [-0.3, -0.25) is 4.79 Å². The van der Waals surface area contributed by atoms with Gasteiger partial charge in [0.25, 0.3) is 5.91 Å². The Morgan fingerprint density at radius 3 is 2.61 bits per heavy atom. The van der Waals surface area contributed by atoms with E-state index in [1.165, 1.54) is 0 Å².